The second kappa shape index (κ2) is 5.37. The van der Waals surface area contributed by atoms with Gasteiger partial charge in [-0.2, -0.15) is 0 Å². The number of ether oxygens (including phenoxy) is 1. The van der Waals surface area contributed by atoms with E-state index >= 15 is 0 Å². The molecule has 0 aromatic heterocycles. The van der Waals surface area contributed by atoms with E-state index in [-0.39, 0.29) is 12.0 Å². The van der Waals surface area contributed by atoms with E-state index in [0.29, 0.717) is 6.54 Å². The van der Waals surface area contributed by atoms with Crippen LogP contribution in [0.4, 0.5) is 5.69 Å². The summed E-state index contributed by atoms with van der Waals surface area (Å²) in [6, 6.07) is 7.81. The summed E-state index contributed by atoms with van der Waals surface area (Å²) in [4.78, 5) is 0. The predicted molar refractivity (Wildman–Crippen MR) is 79.6 cm³/mol. The van der Waals surface area contributed by atoms with Crippen molar-refractivity contribution in [1.29, 1.82) is 0 Å². The zero-order chi connectivity index (χ0) is 14.2. The zero-order valence-electron chi connectivity index (χ0n) is 11.8. The van der Waals surface area contributed by atoms with Crippen LogP contribution in [0.15, 0.2) is 24.3 Å². The van der Waals surface area contributed by atoms with E-state index in [1.807, 2.05) is 24.3 Å². The van der Waals surface area contributed by atoms with Crippen molar-refractivity contribution < 1.29 is 13.2 Å². The van der Waals surface area contributed by atoms with Gasteiger partial charge in [0.05, 0.1) is 18.0 Å². The van der Waals surface area contributed by atoms with Gasteiger partial charge in [0.15, 0.2) is 0 Å². The van der Waals surface area contributed by atoms with Gasteiger partial charge >= 0.3 is 0 Å². The van der Waals surface area contributed by atoms with Gasteiger partial charge in [-0.1, -0.05) is 31.0 Å². The maximum absolute atomic E-state index is 12.0. The van der Waals surface area contributed by atoms with Crippen molar-refractivity contribution in [2.75, 3.05) is 23.7 Å². The molecule has 0 N–H and O–H groups in total. The average molecular weight is 295 g/mol. The standard InChI is InChI=1S/C15H21NO3S/c1-20(17,18)16-11-13(12-7-4-5-8-14(12)16)15-9-3-2-6-10-19-15/h4-5,7-8,13,15H,2-3,6,9-11H2,1H3. The largest absolute Gasteiger partial charge is 0.378 e. The molecule has 2 aliphatic heterocycles. The fraction of sp³-hybridized carbons (Fsp3) is 0.600. The van der Waals surface area contributed by atoms with Crippen LogP contribution in [-0.4, -0.2) is 33.9 Å². The molecule has 0 spiro atoms. The van der Waals surface area contributed by atoms with Crippen LogP contribution in [0.1, 0.15) is 37.2 Å². The van der Waals surface area contributed by atoms with Gasteiger partial charge in [-0.25, -0.2) is 8.42 Å². The molecular weight excluding hydrogens is 274 g/mol. The molecule has 2 atom stereocenters. The molecule has 1 aromatic carbocycles. The van der Waals surface area contributed by atoms with E-state index in [4.69, 9.17) is 4.74 Å². The molecule has 1 aromatic rings. The van der Waals surface area contributed by atoms with E-state index < -0.39 is 10.0 Å². The topological polar surface area (TPSA) is 46.6 Å². The number of fused-ring (bicyclic) bond motifs is 1. The highest BCUT2D eigenvalue weighted by atomic mass is 32.2. The van der Waals surface area contributed by atoms with Crippen LogP contribution in [0, 0.1) is 0 Å². The van der Waals surface area contributed by atoms with Crippen molar-refractivity contribution >= 4 is 15.7 Å². The molecular formula is C15H21NO3S. The molecule has 0 amide bonds. The SMILES string of the molecule is CS(=O)(=O)N1CC(C2CCCCCO2)c2ccccc21. The molecule has 2 aliphatic rings. The summed E-state index contributed by atoms with van der Waals surface area (Å²) in [6.45, 7) is 1.31. The Balaban J connectivity index is 1.94. The highest BCUT2D eigenvalue weighted by Gasteiger charge is 2.38. The summed E-state index contributed by atoms with van der Waals surface area (Å²) in [5.74, 6) is 0.166. The van der Waals surface area contributed by atoms with E-state index in [2.05, 4.69) is 0 Å². The summed E-state index contributed by atoms with van der Waals surface area (Å²) < 4.78 is 31.5. The van der Waals surface area contributed by atoms with Gasteiger partial charge in [-0.3, -0.25) is 4.31 Å². The number of hydrogen-bond acceptors (Lipinski definition) is 3. The fourth-order valence-corrected chi connectivity index (χ4v) is 4.25. The minimum Gasteiger partial charge on any atom is -0.378 e. The summed E-state index contributed by atoms with van der Waals surface area (Å²) >= 11 is 0. The van der Waals surface area contributed by atoms with Crippen molar-refractivity contribution in [3.8, 4) is 0 Å². The van der Waals surface area contributed by atoms with Crippen LogP contribution in [0.25, 0.3) is 0 Å². The molecule has 20 heavy (non-hydrogen) atoms. The van der Waals surface area contributed by atoms with Gasteiger partial charge in [0.2, 0.25) is 10.0 Å². The Morgan fingerprint density at radius 2 is 2.00 bits per heavy atom. The van der Waals surface area contributed by atoms with Crippen LogP contribution in [0.5, 0.6) is 0 Å². The number of benzene rings is 1. The van der Waals surface area contributed by atoms with Crippen LogP contribution >= 0.6 is 0 Å². The van der Waals surface area contributed by atoms with E-state index in [1.54, 1.807) is 0 Å². The summed E-state index contributed by atoms with van der Waals surface area (Å²) in [5.41, 5.74) is 1.94. The average Bonchev–Trinajstić information content (AvgIpc) is 2.61. The van der Waals surface area contributed by atoms with Crippen molar-refractivity contribution in [2.45, 2.75) is 37.7 Å². The maximum Gasteiger partial charge on any atom is 0.232 e. The van der Waals surface area contributed by atoms with Crippen molar-refractivity contribution in [2.24, 2.45) is 0 Å². The molecule has 0 aliphatic carbocycles. The van der Waals surface area contributed by atoms with E-state index in [0.717, 1.165) is 30.7 Å². The van der Waals surface area contributed by atoms with Gasteiger partial charge < -0.3 is 4.74 Å². The summed E-state index contributed by atoms with van der Waals surface area (Å²) in [5, 5.41) is 0. The smallest absolute Gasteiger partial charge is 0.232 e. The Morgan fingerprint density at radius 3 is 2.80 bits per heavy atom. The second-order valence-corrected chi connectivity index (χ2v) is 7.62. The van der Waals surface area contributed by atoms with Crippen molar-refractivity contribution in [3.63, 3.8) is 0 Å². The van der Waals surface area contributed by atoms with Gasteiger partial charge in [0.1, 0.15) is 0 Å². The molecule has 110 valence electrons. The molecule has 3 rings (SSSR count). The Bertz CT molecular complexity index is 577. The van der Waals surface area contributed by atoms with Crippen molar-refractivity contribution in [1.82, 2.24) is 0 Å². The van der Waals surface area contributed by atoms with Crippen LogP contribution in [0.2, 0.25) is 0 Å². The van der Waals surface area contributed by atoms with Crippen LogP contribution < -0.4 is 4.31 Å². The van der Waals surface area contributed by atoms with Gasteiger partial charge in [0, 0.05) is 19.1 Å². The molecule has 0 saturated carbocycles. The molecule has 1 fully saturated rings. The summed E-state index contributed by atoms with van der Waals surface area (Å²) in [6.07, 6.45) is 5.94. The maximum atomic E-state index is 12.0. The molecule has 1 saturated heterocycles. The third-order valence-electron chi connectivity index (χ3n) is 4.28. The lowest BCUT2D eigenvalue weighted by Crippen LogP contribution is -2.32. The quantitative estimate of drug-likeness (QED) is 0.842. The fourth-order valence-electron chi connectivity index (χ4n) is 3.30. The highest BCUT2D eigenvalue weighted by Crippen LogP contribution is 2.41. The third-order valence-corrected chi connectivity index (χ3v) is 5.43. The first kappa shape index (κ1) is 13.9. The Kier molecular flexibility index (Phi) is 3.73. The monoisotopic (exact) mass is 295 g/mol. The van der Waals surface area contributed by atoms with E-state index in [9.17, 15) is 8.42 Å². The Labute approximate surface area is 120 Å². The zero-order valence-corrected chi connectivity index (χ0v) is 12.6. The van der Waals surface area contributed by atoms with Crippen molar-refractivity contribution in [3.05, 3.63) is 29.8 Å². The van der Waals surface area contributed by atoms with Gasteiger partial charge in [0.25, 0.3) is 0 Å². The number of para-hydroxylation sites is 1. The van der Waals surface area contributed by atoms with Gasteiger partial charge in [-0.05, 0) is 24.5 Å². The molecule has 2 unspecified atom stereocenters. The molecule has 5 heteroatoms. The predicted octanol–water partition coefficient (Wildman–Crippen LogP) is 2.51. The molecule has 2 heterocycles. The Morgan fingerprint density at radius 1 is 1.20 bits per heavy atom. The lowest BCUT2D eigenvalue weighted by Gasteiger charge is -2.23. The first-order valence-corrected chi connectivity index (χ1v) is 9.10. The molecule has 4 nitrogen and oxygen atoms in total. The van der Waals surface area contributed by atoms with E-state index in [1.165, 1.54) is 23.4 Å². The number of anilines is 1. The van der Waals surface area contributed by atoms with Crippen LogP contribution in [0.3, 0.4) is 0 Å². The number of nitrogens with zero attached hydrogens (tertiary/aromatic N) is 1. The number of hydrogen-bond donors (Lipinski definition) is 0. The van der Waals surface area contributed by atoms with Crippen LogP contribution in [-0.2, 0) is 14.8 Å². The third kappa shape index (κ3) is 2.56. The highest BCUT2D eigenvalue weighted by molar-refractivity contribution is 7.92. The lowest BCUT2D eigenvalue weighted by atomic mass is 9.92. The first-order chi connectivity index (χ1) is 9.57. The Hall–Kier alpha value is -1.07. The normalized spacial score (nSPS) is 27.1. The summed E-state index contributed by atoms with van der Waals surface area (Å²) in [7, 11) is -3.22. The molecule has 0 bridgehead atoms. The first-order valence-electron chi connectivity index (χ1n) is 7.25. The minimum atomic E-state index is -3.22. The second-order valence-electron chi connectivity index (χ2n) is 5.72. The molecule has 0 radical (unpaired) electrons. The lowest BCUT2D eigenvalue weighted by molar-refractivity contribution is 0.0427. The number of sulfonamides is 1. The van der Waals surface area contributed by atoms with Gasteiger partial charge in [-0.15, -0.1) is 0 Å². The number of rotatable bonds is 2. The minimum absolute atomic E-state index is 0.144.